The highest BCUT2D eigenvalue weighted by molar-refractivity contribution is 9.11. The quantitative estimate of drug-likeness (QED) is 0.931. The zero-order valence-electron chi connectivity index (χ0n) is 7.74. The number of halogens is 2. The Balaban J connectivity index is 2.10. The van der Waals surface area contributed by atoms with Gasteiger partial charge in [0.15, 0.2) is 5.22 Å². The molecule has 80 valence electrons. The van der Waals surface area contributed by atoms with Crippen LogP contribution in [0.4, 0.5) is 0 Å². The Kier molecular flexibility index (Phi) is 3.51. The summed E-state index contributed by atoms with van der Waals surface area (Å²) >= 11 is 11.0. The lowest BCUT2D eigenvalue weighted by Crippen LogP contribution is -2.12. The highest BCUT2D eigenvalue weighted by Gasteiger charge is 2.14. The van der Waals surface area contributed by atoms with Gasteiger partial charge in [0.25, 0.3) is 0 Å². The van der Waals surface area contributed by atoms with E-state index in [9.17, 15) is 0 Å². The van der Waals surface area contributed by atoms with Gasteiger partial charge in [-0.3, -0.25) is 0 Å². The van der Waals surface area contributed by atoms with Gasteiger partial charge in [0.2, 0.25) is 0 Å². The first-order valence-electron chi connectivity index (χ1n) is 4.39. The van der Waals surface area contributed by atoms with Crippen LogP contribution < -0.4 is 5.73 Å². The Morgan fingerprint density at radius 3 is 2.80 bits per heavy atom. The van der Waals surface area contributed by atoms with Crippen LogP contribution in [-0.2, 0) is 6.42 Å². The minimum atomic E-state index is -0.109. The van der Waals surface area contributed by atoms with Gasteiger partial charge in [0.05, 0.1) is 10.0 Å². The lowest BCUT2D eigenvalue weighted by Gasteiger charge is -2.07. The summed E-state index contributed by atoms with van der Waals surface area (Å²) in [6.45, 7) is 0. The second-order valence-corrected chi connectivity index (χ2v) is 6.06. The van der Waals surface area contributed by atoms with Crippen LogP contribution in [0.3, 0.4) is 0 Å². The van der Waals surface area contributed by atoms with E-state index in [4.69, 9.17) is 21.8 Å². The van der Waals surface area contributed by atoms with Crippen molar-refractivity contribution in [1.82, 2.24) is 0 Å². The fourth-order valence-electron chi connectivity index (χ4n) is 1.36. The smallest absolute Gasteiger partial charge is 0.197 e. The number of thiophene rings is 1. The van der Waals surface area contributed by atoms with Crippen LogP contribution in [0.25, 0.3) is 0 Å². The van der Waals surface area contributed by atoms with Crippen molar-refractivity contribution in [2.45, 2.75) is 12.5 Å². The molecule has 0 spiro atoms. The Morgan fingerprint density at radius 1 is 1.47 bits per heavy atom. The van der Waals surface area contributed by atoms with Gasteiger partial charge in [0.1, 0.15) is 0 Å². The molecule has 0 bridgehead atoms. The van der Waals surface area contributed by atoms with Gasteiger partial charge in [-0.15, -0.1) is 11.3 Å². The molecule has 0 fully saturated rings. The summed E-state index contributed by atoms with van der Waals surface area (Å²) in [4.78, 5) is 1.23. The Hall–Kier alpha value is -0.290. The molecule has 2 heterocycles. The average molecular weight is 307 g/mol. The molecule has 2 aromatic rings. The number of hydrogen-bond donors (Lipinski definition) is 1. The predicted octanol–water partition coefficient (Wildman–Crippen LogP) is 4.00. The summed E-state index contributed by atoms with van der Waals surface area (Å²) in [5.41, 5.74) is 6.89. The molecule has 0 aliphatic heterocycles. The van der Waals surface area contributed by atoms with E-state index < -0.39 is 0 Å². The molecule has 2 N–H and O–H groups in total. The summed E-state index contributed by atoms with van der Waals surface area (Å²) in [5, 5.41) is 0.387. The first-order chi connectivity index (χ1) is 7.16. The fraction of sp³-hybridized carbons (Fsp3) is 0.200. The van der Waals surface area contributed by atoms with Crippen molar-refractivity contribution in [2.75, 3.05) is 0 Å². The predicted molar refractivity (Wildman–Crippen MR) is 66.4 cm³/mol. The van der Waals surface area contributed by atoms with Crippen molar-refractivity contribution in [3.05, 3.63) is 43.9 Å². The Labute approximate surface area is 105 Å². The summed E-state index contributed by atoms with van der Waals surface area (Å²) < 4.78 is 6.12. The van der Waals surface area contributed by atoms with Crippen LogP contribution in [0.15, 0.2) is 32.7 Å². The fourth-order valence-corrected chi connectivity index (χ4v) is 3.15. The van der Waals surface area contributed by atoms with Crippen LogP contribution in [0.1, 0.15) is 16.5 Å². The number of furan rings is 1. The highest BCUT2D eigenvalue weighted by Crippen LogP contribution is 2.29. The van der Waals surface area contributed by atoms with Crippen molar-refractivity contribution in [3.63, 3.8) is 0 Å². The van der Waals surface area contributed by atoms with Gasteiger partial charge in [-0.25, -0.2) is 0 Å². The molecular formula is C10H9BrClNOS. The molecule has 1 atom stereocenters. The summed E-state index contributed by atoms with van der Waals surface area (Å²) in [5.74, 6) is 0. The highest BCUT2D eigenvalue weighted by atomic mass is 79.9. The number of nitrogens with two attached hydrogens (primary N) is 1. The van der Waals surface area contributed by atoms with Gasteiger partial charge in [-0.1, -0.05) is 0 Å². The molecular weight excluding hydrogens is 298 g/mol. The summed E-state index contributed by atoms with van der Waals surface area (Å²) in [7, 11) is 0. The molecule has 5 heteroatoms. The molecule has 15 heavy (non-hydrogen) atoms. The lowest BCUT2D eigenvalue weighted by molar-refractivity contribution is 0.561. The molecule has 0 saturated carbocycles. The topological polar surface area (TPSA) is 39.2 Å². The molecule has 0 aromatic carbocycles. The Bertz CT molecular complexity index is 454. The van der Waals surface area contributed by atoms with E-state index in [1.165, 1.54) is 4.88 Å². The molecule has 0 radical (unpaired) electrons. The lowest BCUT2D eigenvalue weighted by atomic mass is 10.1. The van der Waals surface area contributed by atoms with Crippen LogP contribution >= 0.6 is 38.9 Å². The van der Waals surface area contributed by atoms with Crippen molar-refractivity contribution < 1.29 is 4.42 Å². The average Bonchev–Trinajstić information content (AvgIpc) is 2.75. The molecule has 0 aliphatic rings. The van der Waals surface area contributed by atoms with Gasteiger partial charge >= 0.3 is 0 Å². The standard InChI is InChI=1S/C10H9BrClNOS/c11-9-2-1-6(15-9)5-8(13)7-3-4-14-10(7)12/h1-4,8H,5,13H2. The maximum atomic E-state index is 6.03. The molecule has 2 nitrogen and oxygen atoms in total. The maximum absolute atomic E-state index is 6.03. The summed E-state index contributed by atoms with van der Waals surface area (Å²) in [6, 6.07) is 5.78. The second-order valence-electron chi connectivity index (χ2n) is 3.17. The van der Waals surface area contributed by atoms with Gasteiger partial charge < -0.3 is 10.2 Å². The van der Waals surface area contributed by atoms with Crippen LogP contribution in [0, 0.1) is 0 Å². The monoisotopic (exact) mass is 305 g/mol. The number of rotatable bonds is 3. The van der Waals surface area contributed by atoms with Crippen molar-refractivity contribution in [2.24, 2.45) is 5.73 Å². The van der Waals surface area contributed by atoms with Crippen LogP contribution in [0.2, 0.25) is 5.22 Å². The van der Waals surface area contributed by atoms with E-state index in [1.54, 1.807) is 17.6 Å². The third kappa shape index (κ3) is 2.64. The third-order valence-electron chi connectivity index (χ3n) is 2.10. The van der Waals surface area contributed by atoms with Crippen LogP contribution in [-0.4, -0.2) is 0 Å². The molecule has 2 rings (SSSR count). The second kappa shape index (κ2) is 4.70. The molecule has 0 saturated heterocycles. The largest absolute Gasteiger partial charge is 0.453 e. The van der Waals surface area contributed by atoms with Gasteiger partial charge in [0, 0.05) is 22.9 Å². The van der Waals surface area contributed by atoms with Crippen molar-refractivity contribution >= 4 is 38.9 Å². The van der Waals surface area contributed by atoms with E-state index in [0.29, 0.717) is 5.22 Å². The zero-order chi connectivity index (χ0) is 10.8. The van der Waals surface area contributed by atoms with Crippen molar-refractivity contribution in [1.29, 1.82) is 0 Å². The van der Waals surface area contributed by atoms with E-state index in [1.807, 2.05) is 12.1 Å². The minimum absolute atomic E-state index is 0.109. The number of hydrogen-bond acceptors (Lipinski definition) is 3. The molecule has 1 unspecified atom stereocenters. The molecule has 0 amide bonds. The van der Waals surface area contributed by atoms with E-state index >= 15 is 0 Å². The van der Waals surface area contributed by atoms with Crippen LogP contribution in [0.5, 0.6) is 0 Å². The minimum Gasteiger partial charge on any atom is -0.453 e. The van der Waals surface area contributed by atoms with Gasteiger partial charge in [-0.2, -0.15) is 0 Å². The SMILES string of the molecule is NC(Cc1ccc(Br)s1)c1ccoc1Cl. The molecule has 2 aromatic heterocycles. The zero-order valence-corrected chi connectivity index (χ0v) is 10.9. The third-order valence-corrected chi connectivity index (χ3v) is 4.05. The normalized spacial score (nSPS) is 13.0. The van der Waals surface area contributed by atoms with E-state index in [0.717, 1.165) is 15.8 Å². The summed E-state index contributed by atoms with van der Waals surface area (Å²) in [6.07, 6.45) is 2.33. The van der Waals surface area contributed by atoms with Gasteiger partial charge in [-0.05, 0) is 45.7 Å². The maximum Gasteiger partial charge on any atom is 0.197 e. The Morgan fingerprint density at radius 2 is 2.27 bits per heavy atom. The first kappa shape index (κ1) is 11.2. The molecule has 0 aliphatic carbocycles. The van der Waals surface area contributed by atoms with E-state index in [-0.39, 0.29) is 6.04 Å². The van der Waals surface area contributed by atoms with E-state index in [2.05, 4.69) is 22.0 Å². The van der Waals surface area contributed by atoms with Crippen molar-refractivity contribution in [3.8, 4) is 0 Å². The first-order valence-corrected chi connectivity index (χ1v) is 6.38.